The number of nitrogens with zero attached hydrogens (tertiary/aromatic N) is 1. The van der Waals surface area contributed by atoms with Gasteiger partial charge in [-0.2, -0.15) is 0 Å². The quantitative estimate of drug-likeness (QED) is 0.665. The summed E-state index contributed by atoms with van der Waals surface area (Å²) in [6.45, 7) is 5.46. The first-order valence-electron chi connectivity index (χ1n) is 7.20. The third-order valence-electron chi connectivity index (χ3n) is 2.85. The summed E-state index contributed by atoms with van der Waals surface area (Å²) in [7, 11) is 0. The Morgan fingerprint density at radius 1 is 1.05 bits per heavy atom. The molecule has 5 heteroatoms. The number of hydrogen-bond donors (Lipinski definition) is 0. The Kier molecular flexibility index (Phi) is 5.93. The van der Waals surface area contributed by atoms with E-state index in [1.807, 2.05) is 24.3 Å². The Morgan fingerprint density at radius 2 is 1.76 bits per heavy atom. The third-order valence-corrected chi connectivity index (χ3v) is 3.12. The highest BCUT2D eigenvalue weighted by Crippen LogP contribution is 2.33. The lowest BCUT2D eigenvalue weighted by Gasteiger charge is -2.12. The van der Waals surface area contributed by atoms with Crippen LogP contribution in [0.4, 0.5) is 0 Å². The predicted molar refractivity (Wildman–Crippen MR) is 83.1 cm³/mol. The van der Waals surface area contributed by atoms with Gasteiger partial charge in [0.1, 0.15) is 0 Å². The molecule has 0 bridgehead atoms. The molecule has 0 saturated heterocycles. The standard InChI is InChI=1S/C16H20ClNO3/c1-3-7-19-14-6-5-12(9-16(14)20-8-4-2)15-10-13(11-17)18-21-15/h5-6,9-10H,3-4,7-8,11H2,1-2H3. The molecule has 0 atom stereocenters. The van der Waals surface area contributed by atoms with Gasteiger partial charge in [0.15, 0.2) is 17.3 Å². The lowest BCUT2D eigenvalue weighted by molar-refractivity contribution is 0.268. The number of benzene rings is 1. The fourth-order valence-electron chi connectivity index (χ4n) is 1.83. The normalized spacial score (nSPS) is 10.6. The average molecular weight is 310 g/mol. The number of aromatic nitrogens is 1. The van der Waals surface area contributed by atoms with Crippen LogP contribution >= 0.6 is 11.6 Å². The van der Waals surface area contributed by atoms with Crippen molar-refractivity contribution < 1.29 is 14.0 Å². The first-order chi connectivity index (χ1) is 10.3. The molecule has 0 amide bonds. The molecule has 0 N–H and O–H groups in total. The van der Waals surface area contributed by atoms with E-state index in [1.165, 1.54) is 0 Å². The third kappa shape index (κ3) is 4.14. The topological polar surface area (TPSA) is 44.5 Å². The van der Waals surface area contributed by atoms with Gasteiger partial charge in [-0.05, 0) is 31.0 Å². The smallest absolute Gasteiger partial charge is 0.167 e. The van der Waals surface area contributed by atoms with Gasteiger partial charge in [0.25, 0.3) is 0 Å². The van der Waals surface area contributed by atoms with E-state index in [0.29, 0.717) is 30.5 Å². The van der Waals surface area contributed by atoms with Crippen molar-refractivity contribution in [1.29, 1.82) is 0 Å². The monoisotopic (exact) mass is 309 g/mol. The van der Waals surface area contributed by atoms with Gasteiger partial charge in [-0.25, -0.2) is 0 Å². The van der Waals surface area contributed by atoms with E-state index >= 15 is 0 Å². The number of alkyl halides is 1. The molecule has 0 aliphatic carbocycles. The Bertz CT molecular complexity index is 568. The van der Waals surface area contributed by atoms with Crippen molar-refractivity contribution in [2.45, 2.75) is 32.6 Å². The fraction of sp³-hybridized carbons (Fsp3) is 0.438. The number of ether oxygens (including phenoxy) is 2. The largest absolute Gasteiger partial charge is 0.490 e. The second kappa shape index (κ2) is 7.93. The van der Waals surface area contributed by atoms with Crippen molar-refractivity contribution in [1.82, 2.24) is 5.16 Å². The molecule has 0 unspecified atom stereocenters. The van der Waals surface area contributed by atoms with E-state index in [2.05, 4.69) is 19.0 Å². The first-order valence-corrected chi connectivity index (χ1v) is 7.73. The predicted octanol–water partition coefficient (Wildman–Crippen LogP) is 4.66. The molecular formula is C16H20ClNO3. The molecule has 4 nitrogen and oxygen atoms in total. The minimum atomic E-state index is 0.334. The van der Waals surface area contributed by atoms with Gasteiger partial charge in [0.05, 0.1) is 24.8 Å². The molecule has 1 heterocycles. The molecule has 1 aromatic carbocycles. The number of halogens is 1. The summed E-state index contributed by atoms with van der Waals surface area (Å²) in [5.41, 5.74) is 1.61. The minimum absolute atomic E-state index is 0.334. The molecule has 0 aliphatic rings. The summed E-state index contributed by atoms with van der Waals surface area (Å²) in [6.07, 6.45) is 1.90. The second-order valence-electron chi connectivity index (χ2n) is 4.67. The maximum absolute atomic E-state index is 5.77. The van der Waals surface area contributed by atoms with Gasteiger partial charge in [-0.15, -0.1) is 11.6 Å². The van der Waals surface area contributed by atoms with Crippen molar-refractivity contribution in [3.05, 3.63) is 30.0 Å². The lowest BCUT2D eigenvalue weighted by atomic mass is 10.1. The van der Waals surface area contributed by atoms with Crippen molar-refractivity contribution in [3.63, 3.8) is 0 Å². The average Bonchev–Trinajstić information content (AvgIpc) is 3.00. The molecule has 2 aromatic rings. The Morgan fingerprint density at radius 3 is 2.38 bits per heavy atom. The lowest BCUT2D eigenvalue weighted by Crippen LogP contribution is -2.01. The maximum atomic E-state index is 5.77. The van der Waals surface area contributed by atoms with Crippen LogP contribution in [0.5, 0.6) is 11.5 Å². The van der Waals surface area contributed by atoms with Crippen LogP contribution in [0.3, 0.4) is 0 Å². The van der Waals surface area contributed by atoms with E-state index in [9.17, 15) is 0 Å². The zero-order valence-corrected chi connectivity index (χ0v) is 13.2. The molecule has 2 rings (SSSR count). The molecule has 1 aromatic heterocycles. The summed E-state index contributed by atoms with van der Waals surface area (Å²) in [6, 6.07) is 7.58. The highest BCUT2D eigenvalue weighted by Gasteiger charge is 2.11. The first kappa shape index (κ1) is 15.7. The molecule has 0 saturated carbocycles. The fourth-order valence-corrected chi connectivity index (χ4v) is 1.95. The van der Waals surface area contributed by atoms with E-state index in [1.54, 1.807) is 0 Å². The highest BCUT2D eigenvalue weighted by atomic mass is 35.5. The van der Waals surface area contributed by atoms with Crippen LogP contribution in [-0.4, -0.2) is 18.4 Å². The van der Waals surface area contributed by atoms with Crippen molar-refractivity contribution in [2.24, 2.45) is 0 Å². The van der Waals surface area contributed by atoms with Crippen LogP contribution in [0.1, 0.15) is 32.4 Å². The Hall–Kier alpha value is -1.68. The van der Waals surface area contributed by atoms with Crippen molar-refractivity contribution in [2.75, 3.05) is 13.2 Å². The molecule has 21 heavy (non-hydrogen) atoms. The van der Waals surface area contributed by atoms with Crippen LogP contribution in [0, 0.1) is 0 Å². The molecule has 0 radical (unpaired) electrons. The van der Waals surface area contributed by atoms with Gasteiger partial charge < -0.3 is 14.0 Å². The molecule has 114 valence electrons. The van der Waals surface area contributed by atoms with Crippen molar-refractivity contribution in [3.8, 4) is 22.8 Å². The zero-order chi connectivity index (χ0) is 15.1. The SMILES string of the molecule is CCCOc1ccc(-c2cc(CCl)no2)cc1OCCC. The van der Waals surface area contributed by atoms with E-state index in [4.69, 9.17) is 25.6 Å². The van der Waals surface area contributed by atoms with Gasteiger partial charge in [0.2, 0.25) is 0 Å². The van der Waals surface area contributed by atoms with Crippen molar-refractivity contribution >= 4 is 11.6 Å². The van der Waals surface area contributed by atoms with Gasteiger partial charge in [-0.3, -0.25) is 0 Å². The highest BCUT2D eigenvalue weighted by molar-refractivity contribution is 6.16. The molecule has 0 aliphatic heterocycles. The number of rotatable bonds is 8. The molecule has 0 fully saturated rings. The van der Waals surface area contributed by atoms with Gasteiger partial charge >= 0.3 is 0 Å². The summed E-state index contributed by atoms with van der Waals surface area (Å²) in [5.74, 6) is 2.49. The summed E-state index contributed by atoms with van der Waals surface area (Å²) in [5, 5.41) is 3.90. The summed E-state index contributed by atoms with van der Waals surface area (Å²) >= 11 is 5.74. The van der Waals surface area contributed by atoms with E-state index in [-0.39, 0.29) is 0 Å². The summed E-state index contributed by atoms with van der Waals surface area (Å²) < 4.78 is 16.8. The van der Waals surface area contributed by atoms with Crippen LogP contribution < -0.4 is 9.47 Å². The van der Waals surface area contributed by atoms with Crippen LogP contribution in [0.2, 0.25) is 0 Å². The minimum Gasteiger partial charge on any atom is -0.490 e. The second-order valence-corrected chi connectivity index (χ2v) is 4.94. The van der Waals surface area contributed by atoms with Crippen LogP contribution in [-0.2, 0) is 5.88 Å². The number of hydrogen-bond acceptors (Lipinski definition) is 4. The molecule has 0 spiro atoms. The van der Waals surface area contributed by atoms with Gasteiger partial charge in [0, 0.05) is 11.6 Å². The van der Waals surface area contributed by atoms with Gasteiger partial charge in [-0.1, -0.05) is 19.0 Å². The van der Waals surface area contributed by atoms with E-state index < -0.39 is 0 Å². The maximum Gasteiger partial charge on any atom is 0.167 e. The molecular weight excluding hydrogens is 290 g/mol. The van der Waals surface area contributed by atoms with Crippen LogP contribution in [0.15, 0.2) is 28.8 Å². The Balaban J connectivity index is 2.26. The van der Waals surface area contributed by atoms with Crippen LogP contribution in [0.25, 0.3) is 11.3 Å². The van der Waals surface area contributed by atoms with E-state index in [0.717, 1.165) is 29.9 Å². The summed E-state index contributed by atoms with van der Waals surface area (Å²) in [4.78, 5) is 0. The zero-order valence-electron chi connectivity index (χ0n) is 12.4. The Labute approximate surface area is 130 Å².